The quantitative estimate of drug-likeness (QED) is 0.780. The molecule has 1 aliphatic heterocycles. The minimum absolute atomic E-state index is 0.0891. The van der Waals surface area contributed by atoms with E-state index in [4.69, 9.17) is 4.74 Å². The summed E-state index contributed by atoms with van der Waals surface area (Å²) < 4.78 is 33.0. The van der Waals surface area contributed by atoms with E-state index in [-0.39, 0.29) is 23.0 Å². The number of benzene rings is 2. The van der Waals surface area contributed by atoms with E-state index in [0.29, 0.717) is 18.8 Å². The van der Waals surface area contributed by atoms with Crippen LogP contribution in [0, 0.1) is 13.8 Å². The molecule has 0 saturated carbocycles. The molecule has 1 saturated heterocycles. The van der Waals surface area contributed by atoms with Gasteiger partial charge in [-0.15, -0.1) is 0 Å². The Morgan fingerprint density at radius 1 is 1.07 bits per heavy atom. The van der Waals surface area contributed by atoms with Crippen LogP contribution in [0.2, 0.25) is 0 Å². The lowest BCUT2D eigenvalue weighted by molar-refractivity contribution is -0.115. The van der Waals surface area contributed by atoms with Gasteiger partial charge < -0.3 is 10.1 Å². The molecule has 7 heteroatoms. The van der Waals surface area contributed by atoms with Gasteiger partial charge in [-0.25, -0.2) is 8.42 Å². The fraction of sp³-hybridized carbons (Fsp3) is 0.409. The molecule has 0 aromatic heterocycles. The Kier molecular flexibility index (Phi) is 6.59. The summed E-state index contributed by atoms with van der Waals surface area (Å²) in [5.41, 5.74) is 3.59. The number of aryl methyl sites for hydroxylation is 2. The zero-order valence-electron chi connectivity index (χ0n) is 17.2. The summed E-state index contributed by atoms with van der Waals surface area (Å²) in [6.45, 7) is 5.01. The SMILES string of the molecule is COc1ccc(NC(=O)Cc2ccc(C)cc2C)cc1S(=O)(=O)N1CCCCC1. The molecule has 3 rings (SSSR count). The molecule has 1 amide bonds. The lowest BCUT2D eigenvalue weighted by Gasteiger charge is -2.26. The summed E-state index contributed by atoms with van der Waals surface area (Å²) in [4.78, 5) is 12.6. The van der Waals surface area contributed by atoms with E-state index in [1.54, 1.807) is 12.1 Å². The molecule has 156 valence electrons. The number of carbonyl (C=O) groups excluding carboxylic acids is 1. The van der Waals surface area contributed by atoms with Crippen LogP contribution in [0.4, 0.5) is 5.69 Å². The topological polar surface area (TPSA) is 75.7 Å². The largest absolute Gasteiger partial charge is 0.495 e. The van der Waals surface area contributed by atoms with Gasteiger partial charge in [-0.3, -0.25) is 4.79 Å². The molecule has 2 aromatic carbocycles. The smallest absolute Gasteiger partial charge is 0.246 e. The molecule has 2 aromatic rings. The molecule has 1 heterocycles. The average molecular weight is 417 g/mol. The van der Waals surface area contributed by atoms with Crippen molar-refractivity contribution in [1.29, 1.82) is 0 Å². The molecular formula is C22H28N2O4S. The van der Waals surface area contributed by atoms with Crippen LogP contribution in [-0.4, -0.2) is 38.8 Å². The van der Waals surface area contributed by atoms with Crippen molar-refractivity contribution >= 4 is 21.6 Å². The highest BCUT2D eigenvalue weighted by Gasteiger charge is 2.29. The summed E-state index contributed by atoms with van der Waals surface area (Å²) in [5, 5.41) is 2.82. The van der Waals surface area contributed by atoms with Crippen LogP contribution in [-0.2, 0) is 21.2 Å². The van der Waals surface area contributed by atoms with Crippen molar-refractivity contribution in [3.05, 3.63) is 53.1 Å². The number of rotatable bonds is 6. The fourth-order valence-corrected chi connectivity index (χ4v) is 5.32. The maximum absolute atomic E-state index is 13.1. The van der Waals surface area contributed by atoms with E-state index in [1.807, 2.05) is 32.0 Å². The molecule has 29 heavy (non-hydrogen) atoms. The zero-order chi connectivity index (χ0) is 21.0. The Hall–Kier alpha value is -2.38. The molecule has 0 radical (unpaired) electrons. The number of anilines is 1. The standard InChI is InChI=1S/C22H28N2O4S/c1-16-7-8-18(17(2)13-16)14-22(25)23-19-9-10-20(28-3)21(15-19)29(26,27)24-11-5-4-6-12-24/h7-10,13,15H,4-6,11-12,14H2,1-3H3,(H,23,25). The molecule has 0 atom stereocenters. The van der Waals surface area contributed by atoms with Gasteiger partial charge in [0.25, 0.3) is 0 Å². The van der Waals surface area contributed by atoms with E-state index in [2.05, 4.69) is 5.32 Å². The number of nitrogens with zero attached hydrogens (tertiary/aromatic N) is 1. The van der Waals surface area contributed by atoms with Crippen molar-refractivity contribution in [2.24, 2.45) is 0 Å². The van der Waals surface area contributed by atoms with E-state index in [9.17, 15) is 13.2 Å². The third kappa shape index (κ3) is 4.97. The second-order valence-electron chi connectivity index (χ2n) is 7.49. The predicted octanol–water partition coefficient (Wildman–Crippen LogP) is 3.67. The molecule has 0 unspecified atom stereocenters. The van der Waals surface area contributed by atoms with Crippen LogP contribution in [0.5, 0.6) is 5.75 Å². The Labute approximate surface area is 172 Å². The van der Waals surface area contributed by atoms with Crippen molar-refractivity contribution < 1.29 is 17.9 Å². The number of piperidine rings is 1. The Morgan fingerprint density at radius 2 is 1.79 bits per heavy atom. The van der Waals surface area contributed by atoms with Crippen LogP contribution in [0.3, 0.4) is 0 Å². The third-order valence-corrected chi connectivity index (χ3v) is 7.15. The molecule has 0 bridgehead atoms. The lowest BCUT2D eigenvalue weighted by Crippen LogP contribution is -2.35. The number of amides is 1. The first-order valence-electron chi connectivity index (χ1n) is 9.85. The highest BCUT2D eigenvalue weighted by molar-refractivity contribution is 7.89. The first kappa shape index (κ1) is 21.3. The van der Waals surface area contributed by atoms with E-state index in [0.717, 1.165) is 36.0 Å². The van der Waals surface area contributed by atoms with Crippen LogP contribution in [0.1, 0.15) is 36.0 Å². The molecule has 0 spiro atoms. The number of hydrogen-bond acceptors (Lipinski definition) is 4. The molecule has 6 nitrogen and oxygen atoms in total. The number of ether oxygens (including phenoxy) is 1. The van der Waals surface area contributed by atoms with E-state index >= 15 is 0 Å². The van der Waals surface area contributed by atoms with Crippen molar-refractivity contribution in [3.63, 3.8) is 0 Å². The minimum atomic E-state index is -3.68. The normalized spacial score (nSPS) is 15.1. The third-order valence-electron chi connectivity index (χ3n) is 5.23. The van der Waals surface area contributed by atoms with Crippen molar-refractivity contribution in [2.75, 3.05) is 25.5 Å². The van der Waals surface area contributed by atoms with Gasteiger partial charge >= 0.3 is 0 Å². The highest BCUT2D eigenvalue weighted by Crippen LogP contribution is 2.31. The fourth-order valence-electron chi connectivity index (χ4n) is 3.62. The maximum atomic E-state index is 13.1. The zero-order valence-corrected chi connectivity index (χ0v) is 18.0. The second kappa shape index (κ2) is 8.97. The molecule has 1 fully saturated rings. The Morgan fingerprint density at radius 3 is 2.45 bits per heavy atom. The predicted molar refractivity (Wildman–Crippen MR) is 114 cm³/mol. The van der Waals surface area contributed by atoms with Gasteiger partial charge in [-0.2, -0.15) is 4.31 Å². The van der Waals surface area contributed by atoms with Crippen molar-refractivity contribution in [2.45, 2.75) is 44.4 Å². The number of nitrogens with one attached hydrogen (secondary N) is 1. The van der Waals surface area contributed by atoms with E-state index < -0.39 is 10.0 Å². The average Bonchev–Trinajstić information content (AvgIpc) is 2.70. The van der Waals surface area contributed by atoms with Gasteiger partial charge in [0, 0.05) is 18.8 Å². The van der Waals surface area contributed by atoms with Gasteiger partial charge in [0.2, 0.25) is 15.9 Å². The van der Waals surface area contributed by atoms with Gasteiger partial charge in [-0.05, 0) is 56.0 Å². The summed E-state index contributed by atoms with van der Waals surface area (Å²) >= 11 is 0. The van der Waals surface area contributed by atoms with Crippen molar-refractivity contribution in [3.8, 4) is 5.75 Å². The first-order chi connectivity index (χ1) is 13.8. The summed E-state index contributed by atoms with van der Waals surface area (Å²) in [5.74, 6) is 0.0893. The van der Waals surface area contributed by atoms with Crippen LogP contribution < -0.4 is 10.1 Å². The molecular weight excluding hydrogens is 388 g/mol. The van der Waals surface area contributed by atoms with Gasteiger partial charge in [0.05, 0.1) is 13.5 Å². The van der Waals surface area contributed by atoms with Crippen LogP contribution in [0.15, 0.2) is 41.3 Å². The highest BCUT2D eigenvalue weighted by atomic mass is 32.2. The van der Waals surface area contributed by atoms with Gasteiger partial charge in [-0.1, -0.05) is 30.2 Å². The van der Waals surface area contributed by atoms with Crippen LogP contribution in [0.25, 0.3) is 0 Å². The molecule has 1 N–H and O–H groups in total. The molecule has 0 aliphatic carbocycles. The lowest BCUT2D eigenvalue weighted by atomic mass is 10.0. The molecule has 1 aliphatic rings. The van der Waals surface area contributed by atoms with Crippen molar-refractivity contribution in [1.82, 2.24) is 4.31 Å². The summed E-state index contributed by atoms with van der Waals surface area (Å²) in [6, 6.07) is 10.7. The van der Waals surface area contributed by atoms with Gasteiger partial charge in [0.15, 0.2) is 0 Å². The Balaban J connectivity index is 1.81. The number of sulfonamides is 1. The van der Waals surface area contributed by atoms with Crippen LogP contribution >= 0.6 is 0 Å². The van der Waals surface area contributed by atoms with E-state index in [1.165, 1.54) is 17.5 Å². The summed E-state index contributed by atoms with van der Waals surface area (Å²) in [6.07, 6.45) is 2.98. The number of methoxy groups -OCH3 is 1. The monoisotopic (exact) mass is 416 g/mol. The first-order valence-corrected chi connectivity index (χ1v) is 11.3. The number of carbonyl (C=O) groups is 1. The maximum Gasteiger partial charge on any atom is 0.246 e. The number of hydrogen-bond donors (Lipinski definition) is 1. The Bertz CT molecular complexity index is 996. The summed E-state index contributed by atoms with van der Waals surface area (Å²) in [7, 11) is -2.23. The van der Waals surface area contributed by atoms with Gasteiger partial charge in [0.1, 0.15) is 10.6 Å². The minimum Gasteiger partial charge on any atom is -0.495 e. The second-order valence-corrected chi connectivity index (χ2v) is 9.39.